The lowest BCUT2D eigenvalue weighted by Crippen LogP contribution is -2.74. The minimum absolute atomic E-state index is 0.0650. The number of hydroxylamine groups is 2. The van der Waals surface area contributed by atoms with Gasteiger partial charge >= 0.3 is 0 Å². The number of amides is 1. The molecule has 25 heavy (non-hydrogen) atoms. The summed E-state index contributed by atoms with van der Waals surface area (Å²) in [5, 5.41) is 2.05. The van der Waals surface area contributed by atoms with E-state index in [1.54, 1.807) is 0 Å². The zero-order chi connectivity index (χ0) is 16.8. The lowest BCUT2D eigenvalue weighted by Gasteiger charge is -2.51. The minimum Gasteiger partial charge on any atom is -0.478 e. The van der Waals surface area contributed by atoms with Gasteiger partial charge in [0.05, 0.1) is 18.2 Å². The molecule has 5 nitrogen and oxygen atoms in total. The van der Waals surface area contributed by atoms with E-state index in [4.69, 9.17) is 9.57 Å². The number of carbonyl (C=O) groups is 1. The van der Waals surface area contributed by atoms with Gasteiger partial charge in [0.15, 0.2) is 6.10 Å². The van der Waals surface area contributed by atoms with E-state index >= 15 is 0 Å². The molecule has 0 aromatic heterocycles. The van der Waals surface area contributed by atoms with Crippen LogP contribution >= 0.6 is 0 Å². The largest absolute Gasteiger partial charge is 0.478 e. The van der Waals surface area contributed by atoms with Crippen molar-refractivity contribution >= 4 is 5.91 Å². The molecule has 1 amide bonds. The molecule has 0 saturated carbocycles. The van der Waals surface area contributed by atoms with Crippen LogP contribution in [0.2, 0.25) is 0 Å². The van der Waals surface area contributed by atoms with Gasteiger partial charge in [0.25, 0.3) is 5.91 Å². The predicted molar refractivity (Wildman–Crippen MR) is 91.6 cm³/mol. The number of para-hydroxylation sites is 1. The molecule has 4 atom stereocenters. The topological polar surface area (TPSA) is 42.0 Å². The molecule has 2 aromatic rings. The Kier molecular flexibility index (Phi) is 3.50. The van der Waals surface area contributed by atoms with Crippen LogP contribution in [0.25, 0.3) is 0 Å². The third-order valence-corrected chi connectivity index (χ3v) is 5.34. The van der Waals surface area contributed by atoms with Crippen LogP contribution in [-0.2, 0) is 16.2 Å². The van der Waals surface area contributed by atoms with E-state index in [0.717, 1.165) is 18.7 Å². The molecule has 3 aliphatic heterocycles. The van der Waals surface area contributed by atoms with Crippen LogP contribution in [0.1, 0.15) is 12.0 Å². The van der Waals surface area contributed by atoms with E-state index < -0.39 is 6.10 Å². The number of hydrogen-bond donors (Lipinski definition) is 0. The van der Waals surface area contributed by atoms with Crippen LogP contribution < -0.4 is 4.74 Å². The first kappa shape index (κ1) is 14.9. The second-order valence-electron chi connectivity index (χ2n) is 6.92. The summed E-state index contributed by atoms with van der Waals surface area (Å²) in [5.41, 5.74) is 1.22. The summed E-state index contributed by atoms with van der Waals surface area (Å²) in [6, 6.07) is 20.1. The Balaban J connectivity index is 1.35. The molecule has 5 rings (SSSR count). The zero-order valence-corrected chi connectivity index (χ0v) is 13.8. The number of rotatable bonds is 4. The molecule has 5 heteroatoms. The molecule has 3 heterocycles. The average molecular weight is 336 g/mol. The van der Waals surface area contributed by atoms with Crippen molar-refractivity contribution in [2.45, 2.75) is 37.3 Å². The van der Waals surface area contributed by atoms with Crippen molar-refractivity contribution in [3.05, 3.63) is 66.2 Å². The van der Waals surface area contributed by atoms with Crippen molar-refractivity contribution in [2.24, 2.45) is 0 Å². The summed E-state index contributed by atoms with van der Waals surface area (Å²) in [6.45, 7) is 1.40. The Hall–Kier alpha value is -2.37. The van der Waals surface area contributed by atoms with Crippen molar-refractivity contribution in [3.8, 4) is 5.75 Å². The smallest absolute Gasteiger partial charge is 0.266 e. The van der Waals surface area contributed by atoms with E-state index in [2.05, 4.69) is 17.2 Å². The Bertz CT molecular complexity index is 767. The monoisotopic (exact) mass is 336 g/mol. The third kappa shape index (κ3) is 2.51. The summed E-state index contributed by atoms with van der Waals surface area (Å²) in [5.74, 6) is 0.824. The SMILES string of the molecule is O=C1[C@H](Oc2ccccc2)[C@@H]2[C@@H]3C[C@H](CN12)ON3Cc1ccccc1. The van der Waals surface area contributed by atoms with Crippen molar-refractivity contribution < 1.29 is 14.4 Å². The van der Waals surface area contributed by atoms with Crippen molar-refractivity contribution in [1.29, 1.82) is 0 Å². The van der Waals surface area contributed by atoms with Gasteiger partial charge in [0.2, 0.25) is 0 Å². The molecule has 3 fully saturated rings. The fraction of sp³-hybridized carbons (Fsp3) is 0.350. The maximum atomic E-state index is 12.5. The molecule has 2 bridgehead atoms. The summed E-state index contributed by atoms with van der Waals surface area (Å²) < 4.78 is 6.01. The molecule has 0 N–H and O–H groups in total. The van der Waals surface area contributed by atoms with Gasteiger partial charge in [0.1, 0.15) is 5.75 Å². The summed E-state index contributed by atoms with van der Waals surface area (Å²) in [4.78, 5) is 20.5. The molecule has 0 radical (unpaired) electrons. The zero-order valence-electron chi connectivity index (χ0n) is 13.8. The Morgan fingerprint density at radius 3 is 2.52 bits per heavy atom. The van der Waals surface area contributed by atoms with Gasteiger partial charge < -0.3 is 9.64 Å². The van der Waals surface area contributed by atoms with E-state index in [9.17, 15) is 4.79 Å². The van der Waals surface area contributed by atoms with Gasteiger partial charge in [-0.2, -0.15) is 5.06 Å². The van der Waals surface area contributed by atoms with Gasteiger partial charge in [-0.05, 0) is 24.1 Å². The highest BCUT2D eigenvalue weighted by Crippen LogP contribution is 2.41. The van der Waals surface area contributed by atoms with E-state index in [-0.39, 0.29) is 24.1 Å². The number of β-lactam (4-membered cyclic amide) rings is 1. The predicted octanol–water partition coefficient (Wildman–Crippen LogP) is 2.23. The molecule has 2 aromatic carbocycles. The van der Waals surface area contributed by atoms with Crippen LogP contribution in [0.4, 0.5) is 0 Å². The van der Waals surface area contributed by atoms with Crippen molar-refractivity contribution in [1.82, 2.24) is 9.96 Å². The number of carbonyl (C=O) groups excluding carboxylic acids is 1. The lowest BCUT2D eigenvalue weighted by molar-refractivity contribution is -0.175. The molecular formula is C20H20N2O3. The third-order valence-electron chi connectivity index (χ3n) is 5.34. The Labute approximate surface area is 146 Å². The van der Waals surface area contributed by atoms with Crippen LogP contribution in [-0.4, -0.2) is 46.7 Å². The van der Waals surface area contributed by atoms with Crippen LogP contribution in [0.15, 0.2) is 60.7 Å². The summed E-state index contributed by atoms with van der Waals surface area (Å²) in [7, 11) is 0. The number of ether oxygens (including phenoxy) is 1. The van der Waals surface area contributed by atoms with Gasteiger partial charge in [-0.3, -0.25) is 9.63 Å². The first-order chi connectivity index (χ1) is 12.3. The molecule has 0 aliphatic carbocycles. The van der Waals surface area contributed by atoms with Crippen LogP contribution in [0.3, 0.4) is 0 Å². The lowest BCUT2D eigenvalue weighted by atomic mass is 9.83. The van der Waals surface area contributed by atoms with Crippen molar-refractivity contribution in [2.75, 3.05) is 6.54 Å². The molecule has 0 spiro atoms. The summed E-state index contributed by atoms with van der Waals surface area (Å²) >= 11 is 0. The van der Waals surface area contributed by atoms with Crippen LogP contribution in [0.5, 0.6) is 5.75 Å². The van der Waals surface area contributed by atoms with Crippen LogP contribution in [0, 0.1) is 0 Å². The highest BCUT2D eigenvalue weighted by molar-refractivity contribution is 5.89. The molecule has 3 aliphatic rings. The number of hydrogen-bond acceptors (Lipinski definition) is 4. The second kappa shape index (κ2) is 5.86. The summed E-state index contributed by atoms with van der Waals surface area (Å²) in [6.07, 6.45) is 0.649. The van der Waals surface area contributed by atoms with E-state index in [0.29, 0.717) is 6.54 Å². The fourth-order valence-electron chi connectivity index (χ4n) is 4.18. The molecule has 128 valence electrons. The second-order valence-corrected chi connectivity index (χ2v) is 6.92. The first-order valence-corrected chi connectivity index (χ1v) is 8.79. The average Bonchev–Trinajstić information content (AvgIpc) is 2.98. The van der Waals surface area contributed by atoms with E-state index in [1.165, 1.54) is 5.56 Å². The van der Waals surface area contributed by atoms with Crippen molar-refractivity contribution in [3.63, 3.8) is 0 Å². The minimum atomic E-state index is -0.409. The number of fused-ring (bicyclic) bond motifs is 4. The normalized spacial score (nSPS) is 30.7. The quantitative estimate of drug-likeness (QED) is 0.803. The highest BCUT2D eigenvalue weighted by atomic mass is 16.7. The van der Waals surface area contributed by atoms with Gasteiger partial charge in [-0.25, -0.2) is 0 Å². The number of benzene rings is 2. The van der Waals surface area contributed by atoms with Gasteiger partial charge in [0, 0.05) is 13.1 Å². The first-order valence-electron chi connectivity index (χ1n) is 8.79. The standard InChI is InChI=1S/C20H20N2O3/c23-20-19(24-15-9-5-2-6-10-15)18-17-11-16(13-21(18)20)25-22(17)12-14-7-3-1-4-8-14/h1-10,16-19H,11-13H2/t16-,17+,18+,19-/m1/s1. The van der Waals surface area contributed by atoms with E-state index in [1.807, 2.05) is 53.4 Å². The van der Waals surface area contributed by atoms with Gasteiger partial charge in [-0.15, -0.1) is 0 Å². The number of piperidine rings is 1. The Morgan fingerprint density at radius 1 is 1.04 bits per heavy atom. The van der Waals surface area contributed by atoms with Gasteiger partial charge in [-0.1, -0.05) is 48.5 Å². The maximum Gasteiger partial charge on any atom is 0.266 e. The molecule has 3 saturated heterocycles. The molecule has 0 unspecified atom stereocenters. The number of nitrogens with zero attached hydrogens (tertiary/aromatic N) is 2. The maximum absolute atomic E-state index is 12.5. The molecular weight excluding hydrogens is 316 g/mol. The fourth-order valence-corrected chi connectivity index (χ4v) is 4.18. The highest BCUT2D eigenvalue weighted by Gasteiger charge is 2.60. The Morgan fingerprint density at radius 2 is 1.76 bits per heavy atom.